The number of rotatable bonds is 5. The van der Waals surface area contributed by atoms with Gasteiger partial charge in [-0.15, -0.1) is 0 Å². The van der Waals surface area contributed by atoms with Crippen molar-refractivity contribution in [1.29, 1.82) is 0 Å². The lowest BCUT2D eigenvalue weighted by Gasteiger charge is -2.22. The first-order valence-corrected chi connectivity index (χ1v) is 17.2. The Labute approximate surface area is 293 Å². The van der Waals surface area contributed by atoms with Crippen molar-refractivity contribution in [3.8, 4) is 67.5 Å². The molecule has 50 heavy (non-hydrogen) atoms. The first-order valence-electron chi connectivity index (χ1n) is 17.2. The summed E-state index contributed by atoms with van der Waals surface area (Å²) < 4.78 is 0. The molecule has 0 fully saturated rings. The summed E-state index contributed by atoms with van der Waals surface area (Å²) in [5.74, 6) is 1.98. The number of aryl methyl sites for hydroxylation is 1. The van der Waals surface area contributed by atoms with Gasteiger partial charge in [0, 0.05) is 22.1 Å². The van der Waals surface area contributed by atoms with Crippen LogP contribution in [-0.4, -0.2) is 15.0 Å². The normalized spacial score (nSPS) is 12.9. The van der Waals surface area contributed by atoms with Gasteiger partial charge in [0.1, 0.15) is 0 Å². The lowest BCUT2D eigenvalue weighted by atomic mass is 9.81. The molecular formula is C47H35N3. The third-order valence-corrected chi connectivity index (χ3v) is 10.2. The van der Waals surface area contributed by atoms with Gasteiger partial charge in [-0.2, -0.15) is 0 Å². The SMILES string of the molecule is Cc1ccc2c(c1)C(C)(C)c1cc(-c3ccc(-c4ccc(-c5nc(-c6ccccc6)nc(-c6ccccc6)n5)cc4)c4ccccc34)ccc1-2. The molecule has 0 atom stereocenters. The van der Waals surface area contributed by atoms with Gasteiger partial charge in [-0.05, 0) is 68.3 Å². The zero-order valence-electron chi connectivity index (χ0n) is 28.4. The van der Waals surface area contributed by atoms with Crippen molar-refractivity contribution in [2.75, 3.05) is 0 Å². The summed E-state index contributed by atoms with van der Waals surface area (Å²) in [6.07, 6.45) is 0. The fourth-order valence-corrected chi connectivity index (χ4v) is 7.56. The van der Waals surface area contributed by atoms with Crippen molar-refractivity contribution < 1.29 is 0 Å². The molecule has 238 valence electrons. The molecule has 0 radical (unpaired) electrons. The first-order chi connectivity index (χ1) is 24.4. The number of nitrogens with zero attached hydrogens (tertiary/aromatic N) is 3. The van der Waals surface area contributed by atoms with Gasteiger partial charge in [-0.1, -0.05) is 171 Å². The molecule has 1 aliphatic rings. The Bertz CT molecular complexity index is 2490. The molecule has 1 aliphatic carbocycles. The highest BCUT2D eigenvalue weighted by Gasteiger charge is 2.35. The molecule has 0 unspecified atom stereocenters. The third kappa shape index (κ3) is 5.02. The van der Waals surface area contributed by atoms with Crippen molar-refractivity contribution >= 4 is 10.8 Å². The highest BCUT2D eigenvalue weighted by Crippen LogP contribution is 2.50. The van der Waals surface area contributed by atoms with E-state index in [1.165, 1.54) is 55.3 Å². The van der Waals surface area contributed by atoms with E-state index in [0.717, 1.165) is 22.3 Å². The second-order valence-electron chi connectivity index (χ2n) is 13.8. The Balaban J connectivity index is 1.10. The van der Waals surface area contributed by atoms with Crippen LogP contribution in [0.3, 0.4) is 0 Å². The van der Waals surface area contributed by atoms with Gasteiger partial charge in [-0.25, -0.2) is 15.0 Å². The van der Waals surface area contributed by atoms with E-state index in [0.29, 0.717) is 17.5 Å². The molecular weight excluding hydrogens is 607 g/mol. The van der Waals surface area contributed by atoms with E-state index in [9.17, 15) is 0 Å². The maximum atomic E-state index is 4.93. The van der Waals surface area contributed by atoms with Gasteiger partial charge < -0.3 is 0 Å². The van der Waals surface area contributed by atoms with Crippen LogP contribution in [0.25, 0.3) is 78.3 Å². The summed E-state index contributed by atoms with van der Waals surface area (Å²) in [5.41, 5.74) is 14.5. The molecule has 0 bridgehead atoms. The van der Waals surface area contributed by atoms with Crippen LogP contribution in [0.15, 0.2) is 158 Å². The zero-order valence-corrected chi connectivity index (χ0v) is 28.4. The smallest absolute Gasteiger partial charge is 0.164 e. The minimum atomic E-state index is -0.0492. The predicted molar refractivity (Wildman–Crippen MR) is 207 cm³/mol. The molecule has 0 amide bonds. The molecule has 7 aromatic carbocycles. The van der Waals surface area contributed by atoms with Crippen LogP contribution in [0.4, 0.5) is 0 Å². The van der Waals surface area contributed by atoms with Crippen molar-refractivity contribution in [3.63, 3.8) is 0 Å². The van der Waals surface area contributed by atoms with Gasteiger partial charge in [0.2, 0.25) is 0 Å². The van der Waals surface area contributed by atoms with Crippen molar-refractivity contribution in [1.82, 2.24) is 15.0 Å². The molecule has 0 saturated heterocycles. The second kappa shape index (κ2) is 11.7. The van der Waals surface area contributed by atoms with Crippen LogP contribution in [-0.2, 0) is 5.41 Å². The summed E-state index contributed by atoms with van der Waals surface area (Å²) in [7, 11) is 0. The summed E-state index contributed by atoms with van der Waals surface area (Å²) in [4.78, 5) is 14.7. The number of fused-ring (bicyclic) bond motifs is 4. The zero-order chi connectivity index (χ0) is 33.8. The van der Waals surface area contributed by atoms with Crippen molar-refractivity contribution in [2.24, 2.45) is 0 Å². The lowest BCUT2D eigenvalue weighted by molar-refractivity contribution is 0.660. The number of hydrogen-bond acceptors (Lipinski definition) is 3. The Morgan fingerprint density at radius 1 is 0.360 bits per heavy atom. The molecule has 0 saturated carbocycles. The topological polar surface area (TPSA) is 38.7 Å². The Morgan fingerprint density at radius 3 is 1.32 bits per heavy atom. The van der Waals surface area contributed by atoms with Crippen LogP contribution in [0.1, 0.15) is 30.5 Å². The fourth-order valence-electron chi connectivity index (χ4n) is 7.56. The molecule has 0 spiro atoms. The Morgan fingerprint density at radius 2 is 0.760 bits per heavy atom. The molecule has 0 aliphatic heterocycles. The summed E-state index contributed by atoms with van der Waals surface area (Å²) >= 11 is 0. The summed E-state index contributed by atoms with van der Waals surface area (Å²) in [5, 5.41) is 2.48. The maximum Gasteiger partial charge on any atom is 0.164 e. The van der Waals surface area contributed by atoms with Crippen LogP contribution < -0.4 is 0 Å². The van der Waals surface area contributed by atoms with E-state index in [1.807, 2.05) is 60.7 Å². The minimum absolute atomic E-state index is 0.0492. The fraction of sp³-hybridized carbons (Fsp3) is 0.0851. The third-order valence-electron chi connectivity index (χ3n) is 10.2. The molecule has 8 aromatic rings. The van der Waals surface area contributed by atoms with Gasteiger partial charge >= 0.3 is 0 Å². The van der Waals surface area contributed by atoms with E-state index in [2.05, 4.69) is 118 Å². The molecule has 3 heteroatoms. The minimum Gasteiger partial charge on any atom is -0.208 e. The van der Waals surface area contributed by atoms with Crippen LogP contribution in [0.5, 0.6) is 0 Å². The Hall–Kier alpha value is -6.19. The van der Waals surface area contributed by atoms with Crippen LogP contribution >= 0.6 is 0 Å². The first kappa shape index (κ1) is 29.9. The van der Waals surface area contributed by atoms with Gasteiger partial charge in [-0.3, -0.25) is 0 Å². The predicted octanol–water partition coefficient (Wildman–Crippen LogP) is 12.0. The van der Waals surface area contributed by atoms with E-state index in [-0.39, 0.29) is 5.41 Å². The molecule has 3 nitrogen and oxygen atoms in total. The van der Waals surface area contributed by atoms with Gasteiger partial charge in [0.15, 0.2) is 17.5 Å². The summed E-state index contributed by atoms with van der Waals surface area (Å²) in [6, 6.07) is 56.0. The number of aromatic nitrogens is 3. The number of hydrogen-bond donors (Lipinski definition) is 0. The van der Waals surface area contributed by atoms with Crippen molar-refractivity contribution in [2.45, 2.75) is 26.2 Å². The average Bonchev–Trinajstić information content (AvgIpc) is 3.39. The van der Waals surface area contributed by atoms with E-state index >= 15 is 0 Å². The molecule has 1 aromatic heterocycles. The molecule has 0 N–H and O–H groups in total. The van der Waals surface area contributed by atoms with E-state index in [1.54, 1.807) is 0 Å². The number of benzene rings is 7. The van der Waals surface area contributed by atoms with Crippen LogP contribution in [0, 0.1) is 6.92 Å². The van der Waals surface area contributed by atoms with Gasteiger partial charge in [0.25, 0.3) is 0 Å². The van der Waals surface area contributed by atoms with E-state index < -0.39 is 0 Å². The van der Waals surface area contributed by atoms with Gasteiger partial charge in [0.05, 0.1) is 0 Å². The van der Waals surface area contributed by atoms with Crippen LogP contribution in [0.2, 0.25) is 0 Å². The largest absolute Gasteiger partial charge is 0.208 e. The Kier molecular flexibility index (Phi) is 7.03. The second-order valence-corrected chi connectivity index (χ2v) is 13.8. The van der Waals surface area contributed by atoms with E-state index in [4.69, 9.17) is 15.0 Å². The monoisotopic (exact) mass is 641 g/mol. The average molecular weight is 642 g/mol. The molecule has 9 rings (SSSR count). The quantitative estimate of drug-likeness (QED) is 0.188. The maximum absolute atomic E-state index is 4.93. The highest BCUT2D eigenvalue weighted by atomic mass is 15.0. The molecule has 1 heterocycles. The lowest BCUT2D eigenvalue weighted by Crippen LogP contribution is -2.15. The van der Waals surface area contributed by atoms with Crippen molar-refractivity contribution in [3.05, 3.63) is 174 Å². The summed E-state index contributed by atoms with van der Waals surface area (Å²) in [6.45, 7) is 6.89. The highest BCUT2D eigenvalue weighted by molar-refractivity contribution is 6.05. The standard InChI is InChI=1S/C47H35N3/c1-30-18-24-40-41-25-23-35(29-43(41)47(2,3)42(40)28-30)37-27-26-36(38-16-10-11-17-39(37)38)31-19-21-34(22-20-31)46-49-44(32-12-6-4-7-13-32)48-45(50-46)33-14-8-5-9-15-33/h4-29H,1-3H3.